The zero-order chi connectivity index (χ0) is 36.1. The molecule has 5 aromatic rings. The first-order valence-corrected chi connectivity index (χ1v) is 17.9. The Labute approximate surface area is 307 Å². The number of aromatic nitrogens is 1. The van der Waals surface area contributed by atoms with Crippen LogP contribution in [0, 0.1) is 11.3 Å². The molecule has 6 rings (SSSR count). The van der Waals surface area contributed by atoms with Gasteiger partial charge < -0.3 is 18.9 Å². The van der Waals surface area contributed by atoms with E-state index in [2.05, 4.69) is 22.0 Å². The Bertz CT molecular complexity index is 2320. The summed E-state index contributed by atoms with van der Waals surface area (Å²) >= 11 is 4.86. The second kappa shape index (κ2) is 15.6. The molecular weight excluding hydrogens is 730 g/mol. The second-order valence-corrected chi connectivity index (χ2v) is 13.7. The van der Waals surface area contributed by atoms with E-state index in [1.807, 2.05) is 86.6 Å². The van der Waals surface area contributed by atoms with Gasteiger partial charge in [0.2, 0.25) is 0 Å². The van der Waals surface area contributed by atoms with Crippen LogP contribution in [0.5, 0.6) is 17.2 Å². The maximum atomic E-state index is 14.4. The fourth-order valence-electron chi connectivity index (χ4n) is 5.70. The number of fused-ring (bicyclic) bond motifs is 1. The van der Waals surface area contributed by atoms with Crippen molar-refractivity contribution in [2.24, 2.45) is 4.99 Å². The lowest BCUT2D eigenvalue weighted by molar-refractivity contribution is -0.138. The average Bonchev–Trinajstić information content (AvgIpc) is 3.44. The summed E-state index contributed by atoms with van der Waals surface area (Å²) in [6, 6.07) is 28.9. The molecule has 11 heteroatoms. The zero-order valence-electron chi connectivity index (χ0n) is 28.4. The van der Waals surface area contributed by atoms with Gasteiger partial charge in [0.15, 0.2) is 16.3 Å². The topological polar surface area (TPSA) is 112 Å². The summed E-state index contributed by atoms with van der Waals surface area (Å²) in [7, 11) is 1.55. The van der Waals surface area contributed by atoms with Crippen molar-refractivity contribution in [3.8, 4) is 23.3 Å². The van der Waals surface area contributed by atoms with Crippen LogP contribution in [0.25, 0.3) is 11.8 Å². The van der Waals surface area contributed by atoms with Crippen molar-refractivity contribution < 1.29 is 23.7 Å². The molecule has 1 atom stereocenters. The molecular formula is C40H34BrN3O6S. The van der Waals surface area contributed by atoms with Gasteiger partial charge in [-0.05, 0) is 95.9 Å². The first kappa shape index (κ1) is 35.4. The minimum Gasteiger partial charge on any atom is -0.493 e. The van der Waals surface area contributed by atoms with E-state index >= 15 is 0 Å². The predicted octanol–water partition coefficient (Wildman–Crippen LogP) is 6.94. The number of methoxy groups -OCH3 is 1. The number of thiazole rings is 1. The maximum absolute atomic E-state index is 14.4. The van der Waals surface area contributed by atoms with Crippen molar-refractivity contribution in [3.05, 3.63) is 149 Å². The first-order chi connectivity index (χ1) is 24.7. The summed E-state index contributed by atoms with van der Waals surface area (Å²) in [6.07, 6.45) is 1.75. The highest BCUT2D eigenvalue weighted by molar-refractivity contribution is 9.10. The molecule has 0 radical (unpaired) electrons. The lowest BCUT2D eigenvalue weighted by Crippen LogP contribution is -2.40. The number of carbonyl (C=O) groups is 1. The minimum atomic E-state index is -0.815. The Morgan fingerprint density at radius 3 is 2.43 bits per heavy atom. The van der Waals surface area contributed by atoms with E-state index in [4.69, 9.17) is 29.2 Å². The third kappa shape index (κ3) is 7.67. The average molecular weight is 765 g/mol. The van der Waals surface area contributed by atoms with Gasteiger partial charge in [-0.3, -0.25) is 9.36 Å². The number of nitriles is 1. The molecule has 1 aromatic heterocycles. The summed E-state index contributed by atoms with van der Waals surface area (Å²) < 4.78 is 25.9. The second-order valence-electron chi connectivity index (χ2n) is 11.8. The maximum Gasteiger partial charge on any atom is 0.338 e. The minimum absolute atomic E-state index is 0.0185. The number of rotatable bonds is 11. The molecule has 0 spiro atoms. The van der Waals surface area contributed by atoms with Crippen LogP contribution >= 0.6 is 27.3 Å². The highest BCUT2D eigenvalue weighted by Crippen LogP contribution is 2.38. The van der Waals surface area contributed by atoms with Crippen LogP contribution in [0.1, 0.15) is 54.6 Å². The smallest absolute Gasteiger partial charge is 0.338 e. The number of nitrogens with zero attached hydrogens (tertiary/aromatic N) is 3. The third-order valence-electron chi connectivity index (χ3n) is 7.96. The monoisotopic (exact) mass is 763 g/mol. The van der Waals surface area contributed by atoms with Gasteiger partial charge in [-0.15, -0.1) is 0 Å². The number of ether oxygens (including phenoxy) is 4. The zero-order valence-corrected chi connectivity index (χ0v) is 30.8. The van der Waals surface area contributed by atoms with Gasteiger partial charge in [-0.1, -0.05) is 65.9 Å². The number of benzene rings is 4. The van der Waals surface area contributed by atoms with E-state index in [0.29, 0.717) is 53.4 Å². The van der Waals surface area contributed by atoms with Crippen LogP contribution in [-0.2, 0) is 16.1 Å². The van der Waals surface area contributed by atoms with Crippen LogP contribution in [0.4, 0.5) is 0 Å². The predicted molar refractivity (Wildman–Crippen MR) is 199 cm³/mol. The van der Waals surface area contributed by atoms with Crippen molar-refractivity contribution >= 4 is 45.0 Å². The van der Waals surface area contributed by atoms with E-state index in [-0.39, 0.29) is 30.5 Å². The summed E-state index contributed by atoms with van der Waals surface area (Å²) in [5.41, 5.74) is 4.00. The van der Waals surface area contributed by atoms with Gasteiger partial charge in [-0.2, -0.15) is 5.26 Å². The van der Waals surface area contributed by atoms with Crippen molar-refractivity contribution in [1.82, 2.24) is 4.57 Å². The van der Waals surface area contributed by atoms with Gasteiger partial charge in [0, 0.05) is 5.56 Å². The first-order valence-electron chi connectivity index (χ1n) is 16.2. The molecule has 258 valence electrons. The van der Waals surface area contributed by atoms with Crippen LogP contribution < -0.4 is 29.1 Å². The van der Waals surface area contributed by atoms with Crippen LogP contribution in [0.3, 0.4) is 0 Å². The molecule has 0 saturated carbocycles. The van der Waals surface area contributed by atoms with E-state index in [0.717, 1.165) is 11.1 Å². The van der Waals surface area contributed by atoms with Crippen LogP contribution in [-0.4, -0.2) is 30.4 Å². The Balaban J connectivity index is 1.47. The van der Waals surface area contributed by atoms with E-state index in [9.17, 15) is 9.59 Å². The SMILES string of the molecule is CCOC(=O)C1=C(c2ccccc2)N=c2s/c(=C\c3cc(Br)c(OCc4ccc(C#N)cc4)c(OC)c3)c(=O)n2[C@@H]1c1ccc(OC(C)C)cc1. The van der Waals surface area contributed by atoms with Gasteiger partial charge in [0.1, 0.15) is 12.4 Å². The number of esters is 1. The Hall–Kier alpha value is -5.44. The number of hydrogen-bond donors (Lipinski definition) is 0. The van der Waals surface area contributed by atoms with E-state index in [1.165, 1.54) is 11.3 Å². The fraction of sp³-hybridized carbons (Fsp3) is 0.200. The highest BCUT2D eigenvalue weighted by atomic mass is 79.9. The number of carbonyl (C=O) groups excluding carboxylic acids is 1. The standard InChI is InChI=1S/C40H34BrN3O6S/c1-5-48-39(46)34-35(28-9-7-6-8-10-28)43-40-44(36(34)29-15-17-30(18-16-29)50-24(2)3)38(45)33(51-40)21-27-19-31(41)37(32(20-27)47-4)49-23-26-13-11-25(22-42)12-14-26/h6-21,24,36H,5,23H2,1-4H3/b33-21-/t36-/m1/s1. The van der Waals surface area contributed by atoms with Crippen molar-refractivity contribution in [1.29, 1.82) is 5.26 Å². The molecule has 0 N–H and O–H groups in total. The number of halogens is 1. The summed E-state index contributed by atoms with van der Waals surface area (Å²) in [5, 5.41) is 9.09. The summed E-state index contributed by atoms with van der Waals surface area (Å²) in [5.74, 6) is 1.09. The van der Waals surface area contributed by atoms with Gasteiger partial charge >= 0.3 is 5.97 Å². The molecule has 51 heavy (non-hydrogen) atoms. The Kier molecular flexibility index (Phi) is 10.8. The quantitative estimate of drug-likeness (QED) is 0.134. The Morgan fingerprint density at radius 1 is 1.06 bits per heavy atom. The normalized spacial score (nSPS) is 14.1. The lowest BCUT2D eigenvalue weighted by Gasteiger charge is -2.26. The van der Waals surface area contributed by atoms with Crippen LogP contribution in [0.15, 0.2) is 111 Å². The third-order valence-corrected chi connectivity index (χ3v) is 9.53. The van der Waals surface area contributed by atoms with Gasteiger partial charge in [0.25, 0.3) is 5.56 Å². The molecule has 0 unspecified atom stereocenters. The molecule has 4 aromatic carbocycles. The molecule has 0 amide bonds. The summed E-state index contributed by atoms with van der Waals surface area (Å²) in [4.78, 5) is 33.5. The molecule has 0 saturated heterocycles. The molecule has 1 aliphatic heterocycles. The van der Waals surface area contributed by atoms with E-state index < -0.39 is 12.0 Å². The number of hydrogen-bond acceptors (Lipinski definition) is 9. The molecule has 0 aliphatic carbocycles. The highest BCUT2D eigenvalue weighted by Gasteiger charge is 2.35. The van der Waals surface area contributed by atoms with E-state index in [1.54, 1.807) is 42.9 Å². The largest absolute Gasteiger partial charge is 0.493 e. The molecule has 2 heterocycles. The molecule has 9 nitrogen and oxygen atoms in total. The van der Waals surface area contributed by atoms with Gasteiger partial charge in [0.05, 0.1) is 57.8 Å². The van der Waals surface area contributed by atoms with Crippen molar-refractivity contribution in [2.75, 3.05) is 13.7 Å². The molecule has 0 bridgehead atoms. The van der Waals surface area contributed by atoms with Gasteiger partial charge in [-0.25, -0.2) is 9.79 Å². The lowest BCUT2D eigenvalue weighted by atomic mass is 9.93. The molecule has 0 fully saturated rings. The Morgan fingerprint density at radius 2 is 1.78 bits per heavy atom. The molecule has 1 aliphatic rings. The summed E-state index contributed by atoms with van der Waals surface area (Å²) in [6.45, 7) is 6.07. The van der Waals surface area contributed by atoms with Crippen LogP contribution in [0.2, 0.25) is 0 Å². The fourth-order valence-corrected chi connectivity index (χ4v) is 7.28. The van der Waals surface area contributed by atoms with Crippen molar-refractivity contribution in [2.45, 2.75) is 39.5 Å². The van der Waals surface area contributed by atoms with Crippen molar-refractivity contribution in [3.63, 3.8) is 0 Å².